The van der Waals surface area contributed by atoms with E-state index in [4.69, 9.17) is 10.5 Å². The molecule has 1 aromatic carbocycles. The molecule has 0 spiro atoms. The van der Waals surface area contributed by atoms with Gasteiger partial charge in [-0.25, -0.2) is 9.97 Å². The number of nitrogens with one attached hydrogen (secondary N) is 1. The molecular weight excluding hydrogens is 264 g/mol. The van der Waals surface area contributed by atoms with E-state index < -0.39 is 0 Å². The predicted octanol–water partition coefficient (Wildman–Crippen LogP) is 2.43. The third-order valence-electron chi connectivity index (χ3n) is 3.49. The minimum absolute atomic E-state index is 0.133. The molecule has 1 aliphatic rings. The Kier molecular flexibility index (Phi) is 3.90. The molecular formula is C16H20N4O. The van der Waals surface area contributed by atoms with Crippen molar-refractivity contribution in [1.29, 1.82) is 0 Å². The van der Waals surface area contributed by atoms with Gasteiger partial charge in [-0.1, -0.05) is 25.1 Å². The van der Waals surface area contributed by atoms with Crippen LogP contribution in [0, 0.1) is 0 Å². The molecule has 0 amide bonds. The van der Waals surface area contributed by atoms with E-state index in [1.54, 1.807) is 6.07 Å². The summed E-state index contributed by atoms with van der Waals surface area (Å²) in [5.74, 6) is 3.05. The molecule has 110 valence electrons. The molecule has 3 N–H and O–H groups in total. The first kappa shape index (κ1) is 13.7. The number of para-hydroxylation sites is 1. The maximum Gasteiger partial charge on any atom is 0.133 e. The van der Waals surface area contributed by atoms with Gasteiger partial charge in [0.1, 0.15) is 29.3 Å². The first-order valence-electron chi connectivity index (χ1n) is 7.36. The monoisotopic (exact) mass is 284 g/mol. The van der Waals surface area contributed by atoms with Crippen LogP contribution >= 0.6 is 0 Å². The Morgan fingerprint density at radius 3 is 3.00 bits per heavy atom. The zero-order valence-corrected chi connectivity index (χ0v) is 12.2. The maximum absolute atomic E-state index is 5.90. The lowest BCUT2D eigenvalue weighted by Crippen LogP contribution is -2.24. The Bertz CT molecular complexity index is 604. The van der Waals surface area contributed by atoms with Gasteiger partial charge in [-0.05, 0) is 18.1 Å². The van der Waals surface area contributed by atoms with E-state index in [-0.39, 0.29) is 6.10 Å². The lowest BCUT2D eigenvalue weighted by atomic mass is 10.1. The number of benzene rings is 1. The van der Waals surface area contributed by atoms with Crippen LogP contribution in [0.3, 0.4) is 0 Å². The summed E-state index contributed by atoms with van der Waals surface area (Å²) in [4.78, 5) is 8.71. The second-order valence-corrected chi connectivity index (χ2v) is 5.28. The van der Waals surface area contributed by atoms with Gasteiger partial charge in [0, 0.05) is 18.9 Å². The molecule has 5 heteroatoms. The number of ether oxygens (including phenoxy) is 1. The van der Waals surface area contributed by atoms with Gasteiger partial charge in [-0.2, -0.15) is 0 Å². The van der Waals surface area contributed by atoms with E-state index in [9.17, 15) is 0 Å². The number of nitrogens with zero attached hydrogens (tertiary/aromatic N) is 2. The van der Waals surface area contributed by atoms with Crippen molar-refractivity contribution in [2.45, 2.75) is 32.3 Å². The van der Waals surface area contributed by atoms with Crippen LogP contribution in [0.25, 0.3) is 0 Å². The predicted molar refractivity (Wildman–Crippen MR) is 83.5 cm³/mol. The van der Waals surface area contributed by atoms with Gasteiger partial charge in [0.25, 0.3) is 0 Å². The number of nitrogen functional groups attached to an aromatic ring is 1. The SMILES string of the molecule is CCCc1nc(N)cc(NCC2Cc3ccccc3O2)n1. The van der Waals surface area contributed by atoms with Gasteiger partial charge in [0.05, 0.1) is 6.54 Å². The first-order valence-corrected chi connectivity index (χ1v) is 7.36. The lowest BCUT2D eigenvalue weighted by molar-refractivity contribution is 0.246. The lowest BCUT2D eigenvalue weighted by Gasteiger charge is -2.13. The molecule has 0 saturated carbocycles. The van der Waals surface area contributed by atoms with Crippen molar-refractivity contribution in [3.8, 4) is 5.75 Å². The zero-order valence-electron chi connectivity index (χ0n) is 12.2. The molecule has 1 unspecified atom stereocenters. The van der Waals surface area contributed by atoms with Crippen molar-refractivity contribution < 1.29 is 4.74 Å². The quantitative estimate of drug-likeness (QED) is 0.882. The van der Waals surface area contributed by atoms with Crippen molar-refractivity contribution in [3.05, 3.63) is 41.7 Å². The molecule has 2 aromatic rings. The number of anilines is 2. The molecule has 5 nitrogen and oxygen atoms in total. The highest BCUT2D eigenvalue weighted by atomic mass is 16.5. The van der Waals surface area contributed by atoms with Crippen molar-refractivity contribution in [1.82, 2.24) is 9.97 Å². The highest BCUT2D eigenvalue weighted by Crippen LogP contribution is 2.28. The van der Waals surface area contributed by atoms with Gasteiger partial charge >= 0.3 is 0 Å². The molecule has 3 rings (SSSR count). The molecule has 0 bridgehead atoms. The number of hydrogen-bond donors (Lipinski definition) is 2. The summed E-state index contributed by atoms with van der Waals surface area (Å²) in [6.07, 6.45) is 2.90. The van der Waals surface area contributed by atoms with Gasteiger partial charge in [-0.15, -0.1) is 0 Å². The Morgan fingerprint density at radius 2 is 2.19 bits per heavy atom. The van der Waals surface area contributed by atoms with Crippen molar-refractivity contribution in [3.63, 3.8) is 0 Å². The topological polar surface area (TPSA) is 73.1 Å². The Labute approximate surface area is 124 Å². The Hall–Kier alpha value is -2.30. The molecule has 1 atom stereocenters. The number of nitrogens with two attached hydrogens (primary N) is 1. The number of aryl methyl sites for hydroxylation is 1. The van der Waals surface area contributed by atoms with E-state index in [0.717, 1.165) is 36.7 Å². The van der Waals surface area contributed by atoms with Crippen molar-refractivity contribution in [2.75, 3.05) is 17.6 Å². The van der Waals surface area contributed by atoms with Gasteiger partial charge in [0.2, 0.25) is 0 Å². The second-order valence-electron chi connectivity index (χ2n) is 5.28. The first-order chi connectivity index (χ1) is 10.2. The van der Waals surface area contributed by atoms with E-state index in [2.05, 4.69) is 28.3 Å². The maximum atomic E-state index is 5.90. The Morgan fingerprint density at radius 1 is 1.33 bits per heavy atom. The highest BCUT2D eigenvalue weighted by Gasteiger charge is 2.22. The standard InChI is InChI=1S/C16H20N4O/c1-2-5-15-19-14(17)9-16(20-15)18-10-12-8-11-6-3-4-7-13(11)21-12/h3-4,6-7,9,12H,2,5,8,10H2,1H3,(H3,17,18,19,20). The molecule has 21 heavy (non-hydrogen) atoms. The van der Waals surface area contributed by atoms with E-state index in [0.29, 0.717) is 12.4 Å². The fourth-order valence-corrected chi connectivity index (χ4v) is 2.53. The van der Waals surface area contributed by atoms with Crippen molar-refractivity contribution in [2.24, 2.45) is 0 Å². The van der Waals surface area contributed by atoms with Gasteiger partial charge in [-0.3, -0.25) is 0 Å². The van der Waals surface area contributed by atoms with Gasteiger partial charge in [0.15, 0.2) is 0 Å². The van der Waals surface area contributed by atoms with Crippen LogP contribution in [0.1, 0.15) is 24.7 Å². The summed E-state index contributed by atoms with van der Waals surface area (Å²) < 4.78 is 5.90. The normalized spacial score (nSPS) is 16.3. The summed E-state index contributed by atoms with van der Waals surface area (Å²) in [5.41, 5.74) is 7.08. The molecule has 1 aliphatic heterocycles. The van der Waals surface area contributed by atoms with E-state index in [1.807, 2.05) is 18.2 Å². The average molecular weight is 284 g/mol. The summed E-state index contributed by atoms with van der Waals surface area (Å²) in [6, 6.07) is 9.92. The number of hydrogen-bond acceptors (Lipinski definition) is 5. The van der Waals surface area contributed by atoms with Gasteiger partial charge < -0.3 is 15.8 Å². The van der Waals surface area contributed by atoms with Crippen LogP contribution in [-0.4, -0.2) is 22.6 Å². The van der Waals surface area contributed by atoms with Crippen LogP contribution in [-0.2, 0) is 12.8 Å². The van der Waals surface area contributed by atoms with Crippen LogP contribution in [0.4, 0.5) is 11.6 Å². The van der Waals surface area contributed by atoms with E-state index >= 15 is 0 Å². The van der Waals surface area contributed by atoms with E-state index in [1.165, 1.54) is 5.56 Å². The van der Waals surface area contributed by atoms with Crippen LogP contribution in [0.15, 0.2) is 30.3 Å². The highest BCUT2D eigenvalue weighted by molar-refractivity contribution is 5.45. The molecule has 1 aromatic heterocycles. The summed E-state index contributed by atoms with van der Waals surface area (Å²) >= 11 is 0. The number of aromatic nitrogens is 2. The summed E-state index contributed by atoms with van der Waals surface area (Å²) in [6.45, 7) is 2.81. The third-order valence-corrected chi connectivity index (χ3v) is 3.49. The fourth-order valence-electron chi connectivity index (χ4n) is 2.53. The average Bonchev–Trinajstić information content (AvgIpc) is 2.88. The molecule has 2 heterocycles. The molecule has 0 radical (unpaired) electrons. The Balaban J connectivity index is 1.61. The zero-order chi connectivity index (χ0) is 14.7. The smallest absolute Gasteiger partial charge is 0.133 e. The van der Waals surface area contributed by atoms with Crippen LogP contribution < -0.4 is 15.8 Å². The molecule has 0 aliphatic carbocycles. The van der Waals surface area contributed by atoms with Crippen molar-refractivity contribution >= 4 is 11.6 Å². The molecule has 0 fully saturated rings. The van der Waals surface area contributed by atoms with Crippen LogP contribution in [0.5, 0.6) is 5.75 Å². The third kappa shape index (κ3) is 3.24. The summed E-state index contributed by atoms with van der Waals surface area (Å²) in [5, 5.41) is 3.30. The fraction of sp³-hybridized carbons (Fsp3) is 0.375. The minimum atomic E-state index is 0.133. The number of fused-ring (bicyclic) bond motifs is 1. The number of rotatable bonds is 5. The molecule has 0 saturated heterocycles. The summed E-state index contributed by atoms with van der Waals surface area (Å²) in [7, 11) is 0. The largest absolute Gasteiger partial charge is 0.488 e. The van der Waals surface area contributed by atoms with Crippen LogP contribution in [0.2, 0.25) is 0 Å². The minimum Gasteiger partial charge on any atom is -0.488 e. The second kappa shape index (κ2) is 5.99.